The standard InChI is InChI=1S/C23H26N4O5/c1-31-22(29)18-19(26-16-11-7-4-8-12-16)17(13-24)21(28)27(20(18)23(30)32-2)25-14-15-9-5-3-6-10-15/h3,5-6,9-10,14,16-17,20,26H,4,7-8,11-12H2,1-2H3/b25-14+. The van der Waals surface area contributed by atoms with Crippen LogP contribution in [0.3, 0.4) is 0 Å². The molecule has 9 heteroatoms. The van der Waals surface area contributed by atoms with E-state index in [-0.39, 0.29) is 17.3 Å². The van der Waals surface area contributed by atoms with Crippen LogP contribution in [0.5, 0.6) is 0 Å². The molecule has 2 unspecified atom stereocenters. The highest BCUT2D eigenvalue weighted by atomic mass is 16.5. The summed E-state index contributed by atoms with van der Waals surface area (Å²) in [5, 5.41) is 18.0. The number of ether oxygens (including phenoxy) is 2. The number of hydrogen-bond acceptors (Lipinski definition) is 8. The van der Waals surface area contributed by atoms with Gasteiger partial charge in [-0.05, 0) is 18.4 Å². The van der Waals surface area contributed by atoms with Crippen LogP contribution in [-0.2, 0) is 23.9 Å². The predicted octanol–water partition coefficient (Wildman–Crippen LogP) is 1.89. The Hall–Kier alpha value is -3.67. The highest BCUT2D eigenvalue weighted by Crippen LogP contribution is 2.32. The molecule has 1 aliphatic heterocycles. The number of nitrogens with one attached hydrogen (secondary N) is 1. The quantitative estimate of drug-likeness (QED) is 0.532. The van der Waals surface area contributed by atoms with E-state index in [1.54, 1.807) is 24.3 Å². The van der Waals surface area contributed by atoms with Crippen LogP contribution < -0.4 is 5.32 Å². The Morgan fingerprint density at radius 1 is 1.16 bits per heavy atom. The van der Waals surface area contributed by atoms with Crippen LogP contribution in [0, 0.1) is 17.2 Å². The average Bonchev–Trinajstić information content (AvgIpc) is 2.83. The van der Waals surface area contributed by atoms with E-state index in [1.165, 1.54) is 13.3 Å². The molecule has 0 aromatic heterocycles. The fourth-order valence-corrected chi connectivity index (χ4v) is 4.01. The number of amides is 1. The van der Waals surface area contributed by atoms with Gasteiger partial charge in [-0.3, -0.25) is 4.79 Å². The fourth-order valence-electron chi connectivity index (χ4n) is 4.01. The highest BCUT2D eigenvalue weighted by molar-refractivity contribution is 6.04. The van der Waals surface area contributed by atoms with Gasteiger partial charge >= 0.3 is 11.9 Å². The molecule has 3 rings (SSSR count). The molecule has 1 N–H and O–H groups in total. The first kappa shape index (κ1) is 23.0. The van der Waals surface area contributed by atoms with E-state index >= 15 is 0 Å². The lowest BCUT2D eigenvalue weighted by Crippen LogP contribution is -2.55. The van der Waals surface area contributed by atoms with Crippen LogP contribution in [0.1, 0.15) is 37.7 Å². The van der Waals surface area contributed by atoms with Crippen LogP contribution >= 0.6 is 0 Å². The summed E-state index contributed by atoms with van der Waals surface area (Å²) in [6, 6.07) is 9.41. The van der Waals surface area contributed by atoms with Crippen molar-refractivity contribution in [2.75, 3.05) is 14.2 Å². The zero-order valence-corrected chi connectivity index (χ0v) is 18.1. The lowest BCUT2D eigenvalue weighted by Gasteiger charge is -2.37. The maximum atomic E-state index is 13.3. The van der Waals surface area contributed by atoms with Crippen LogP contribution in [0.2, 0.25) is 0 Å². The third-order valence-corrected chi connectivity index (χ3v) is 5.62. The topological polar surface area (TPSA) is 121 Å². The number of nitriles is 1. The molecule has 2 aliphatic rings. The summed E-state index contributed by atoms with van der Waals surface area (Å²) in [6.07, 6.45) is 6.16. The fraction of sp³-hybridized carbons (Fsp3) is 0.435. The second kappa shape index (κ2) is 10.6. The maximum Gasteiger partial charge on any atom is 0.338 e. The number of methoxy groups -OCH3 is 2. The third kappa shape index (κ3) is 4.80. The van der Waals surface area contributed by atoms with Gasteiger partial charge in [0.2, 0.25) is 0 Å². The van der Waals surface area contributed by atoms with Crippen molar-refractivity contribution in [3.8, 4) is 6.07 Å². The molecule has 0 spiro atoms. The number of carbonyl (C=O) groups is 3. The minimum absolute atomic E-state index is 0.0141. The Morgan fingerprint density at radius 2 is 1.84 bits per heavy atom. The van der Waals surface area contributed by atoms with E-state index in [4.69, 9.17) is 9.47 Å². The summed E-state index contributed by atoms with van der Waals surface area (Å²) >= 11 is 0. The molecule has 1 fully saturated rings. The van der Waals surface area contributed by atoms with E-state index in [0.29, 0.717) is 5.56 Å². The second-order valence-electron chi connectivity index (χ2n) is 7.62. The Balaban J connectivity index is 2.11. The third-order valence-electron chi connectivity index (χ3n) is 5.62. The van der Waals surface area contributed by atoms with Gasteiger partial charge in [0.1, 0.15) is 0 Å². The Labute approximate surface area is 186 Å². The normalized spacial score (nSPS) is 21.9. The van der Waals surface area contributed by atoms with E-state index in [2.05, 4.69) is 10.4 Å². The van der Waals surface area contributed by atoms with Crippen molar-refractivity contribution in [2.24, 2.45) is 11.0 Å². The van der Waals surface area contributed by atoms with Crippen LogP contribution in [0.4, 0.5) is 0 Å². The van der Waals surface area contributed by atoms with Gasteiger partial charge in [-0.1, -0.05) is 49.6 Å². The van der Waals surface area contributed by atoms with Crippen LogP contribution in [0.25, 0.3) is 0 Å². The number of benzene rings is 1. The largest absolute Gasteiger partial charge is 0.467 e. The zero-order valence-electron chi connectivity index (χ0n) is 18.1. The number of esters is 2. The first-order chi connectivity index (χ1) is 15.5. The summed E-state index contributed by atoms with van der Waals surface area (Å²) in [7, 11) is 2.34. The Morgan fingerprint density at radius 3 is 2.44 bits per heavy atom. The van der Waals surface area contributed by atoms with Gasteiger partial charge in [-0.15, -0.1) is 0 Å². The molecule has 1 heterocycles. The second-order valence-corrected chi connectivity index (χ2v) is 7.62. The molecular formula is C23H26N4O5. The van der Waals surface area contributed by atoms with Crippen molar-refractivity contribution in [3.05, 3.63) is 47.2 Å². The van der Waals surface area contributed by atoms with Gasteiger partial charge in [0.15, 0.2) is 12.0 Å². The van der Waals surface area contributed by atoms with Crippen molar-refractivity contribution in [1.82, 2.24) is 10.3 Å². The molecule has 1 saturated carbocycles. The van der Waals surface area contributed by atoms with Gasteiger partial charge < -0.3 is 14.8 Å². The average molecular weight is 438 g/mol. The summed E-state index contributed by atoms with van der Waals surface area (Å²) in [5.74, 6) is -3.74. The monoisotopic (exact) mass is 438 g/mol. The van der Waals surface area contributed by atoms with Gasteiger partial charge in [-0.25, -0.2) is 14.6 Å². The molecular weight excluding hydrogens is 412 g/mol. The first-order valence-corrected chi connectivity index (χ1v) is 10.5. The zero-order chi connectivity index (χ0) is 23.1. The van der Waals surface area contributed by atoms with Crippen molar-refractivity contribution in [2.45, 2.75) is 44.2 Å². The highest BCUT2D eigenvalue weighted by Gasteiger charge is 2.49. The van der Waals surface area contributed by atoms with Crippen molar-refractivity contribution in [1.29, 1.82) is 5.26 Å². The molecule has 1 aliphatic carbocycles. The minimum atomic E-state index is -1.48. The van der Waals surface area contributed by atoms with E-state index < -0.39 is 29.8 Å². The molecule has 1 aromatic rings. The molecule has 0 saturated heterocycles. The molecule has 1 aromatic carbocycles. The predicted molar refractivity (Wildman–Crippen MR) is 115 cm³/mol. The van der Waals surface area contributed by atoms with Crippen molar-refractivity contribution in [3.63, 3.8) is 0 Å². The molecule has 9 nitrogen and oxygen atoms in total. The Kier molecular flexibility index (Phi) is 7.60. The summed E-state index contributed by atoms with van der Waals surface area (Å²) in [4.78, 5) is 38.8. The number of nitrogens with zero attached hydrogens (tertiary/aromatic N) is 3. The van der Waals surface area contributed by atoms with Gasteiger partial charge in [0.05, 0.1) is 37.8 Å². The summed E-state index contributed by atoms with van der Waals surface area (Å²) in [5.41, 5.74) is 0.631. The van der Waals surface area contributed by atoms with E-state index in [1.807, 2.05) is 12.1 Å². The number of hydrogen-bond donors (Lipinski definition) is 1. The van der Waals surface area contributed by atoms with E-state index in [0.717, 1.165) is 44.2 Å². The van der Waals surface area contributed by atoms with Gasteiger partial charge in [0.25, 0.3) is 5.91 Å². The Bertz CT molecular complexity index is 960. The molecule has 0 bridgehead atoms. The van der Waals surface area contributed by atoms with Gasteiger partial charge in [-0.2, -0.15) is 10.4 Å². The number of hydrazone groups is 1. The minimum Gasteiger partial charge on any atom is -0.467 e. The molecule has 1 amide bonds. The van der Waals surface area contributed by atoms with Crippen molar-refractivity contribution >= 4 is 24.1 Å². The SMILES string of the molecule is COC(=O)C1=C(NC2CCCCC2)C(C#N)C(=O)N(/N=C/c2ccccc2)C1C(=O)OC. The molecule has 168 valence electrons. The lowest BCUT2D eigenvalue weighted by atomic mass is 9.88. The van der Waals surface area contributed by atoms with Crippen LogP contribution in [0.15, 0.2) is 46.7 Å². The van der Waals surface area contributed by atoms with Crippen LogP contribution in [-0.4, -0.2) is 55.4 Å². The summed E-state index contributed by atoms with van der Waals surface area (Å²) < 4.78 is 9.82. The number of carbonyl (C=O) groups excluding carboxylic acids is 3. The lowest BCUT2D eigenvalue weighted by molar-refractivity contribution is -0.155. The molecule has 0 radical (unpaired) electrons. The molecule has 2 atom stereocenters. The van der Waals surface area contributed by atoms with Crippen molar-refractivity contribution < 1.29 is 23.9 Å². The van der Waals surface area contributed by atoms with Gasteiger partial charge in [0, 0.05) is 6.04 Å². The maximum absolute atomic E-state index is 13.3. The number of rotatable bonds is 6. The summed E-state index contributed by atoms with van der Waals surface area (Å²) in [6.45, 7) is 0. The van der Waals surface area contributed by atoms with E-state index in [9.17, 15) is 19.6 Å². The first-order valence-electron chi connectivity index (χ1n) is 10.5. The molecule has 32 heavy (non-hydrogen) atoms. The smallest absolute Gasteiger partial charge is 0.338 e.